The van der Waals surface area contributed by atoms with Crippen molar-refractivity contribution >= 4 is 15.9 Å². The van der Waals surface area contributed by atoms with E-state index in [0.717, 1.165) is 22.3 Å². The van der Waals surface area contributed by atoms with E-state index in [4.69, 9.17) is 5.11 Å². The van der Waals surface area contributed by atoms with Gasteiger partial charge in [-0.3, -0.25) is 0 Å². The van der Waals surface area contributed by atoms with Crippen LogP contribution in [0.4, 0.5) is 0 Å². The molecule has 84 valence electrons. The molecule has 0 unspecified atom stereocenters. The highest BCUT2D eigenvalue weighted by Gasteiger charge is 2.11. The molecule has 1 aromatic heterocycles. The average Bonchev–Trinajstić information content (AvgIpc) is 2.71. The van der Waals surface area contributed by atoms with Crippen LogP contribution in [-0.2, 0) is 13.0 Å². The summed E-state index contributed by atoms with van der Waals surface area (Å²) in [5.74, 6) is 0. The van der Waals surface area contributed by atoms with Gasteiger partial charge in [-0.15, -0.1) is 5.10 Å². The molecule has 0 aliphatic heterocycles. The molecular formula is C11H12BrN3O. The predicted octanol–water partition coefficient (Wildman–Crippen LogP) is 2.08. The second-order valence-electron chi connectivity index (χ2n) is 3.39. The lowest BCUT2D eigenvalue weighted by Gasteiger charge is -2.05. The van der Waals surface area contributed by atoms with Crippen molar-refractivity contribution in [1.82, 2.24) is 15.0 Å². The van der Waals surface area contributed by atoms with Gasteiger partial charge >= 0.3 is 0 Å². The number of halogens is 1. The molecular weight excluding hydrogens is 270 g/mol. The molecule has 0 atom stereocenters. The summed E-state index contributed by atoms with van der Waals surface area (Å²) in [6, 6.07) is 7.83. The Hall–Kier alpha value is -1.20. The topological polar surface area (TPSA) is 50.9 Å². The summed E-state index contributed by atoms with van der Waals surface area (Å²) in [5.41, 5.74) is 2.53. The number of aromatic nitrogens is 3. The molecule has 0 bridgehead atoms. The van der Waals surface area contributed by atoms with Gasteiger partial charge in [-0.1, -0.05) is 34.1 Å². The van der Waals surface area contributed by atoms with Crippen molar-refractivity contribution in [2.75, 3.05) is 0 Å². The molecule has 0 aliphatic carbocycles. The number of hydrogen-bond acceptors (Lipinski definition) is 3. The fourth-order valence-electron chi connectivity index (χ4n) is 1.62. The van der Waals surface area contributed by atoms with Gasteiger partial charge in [-0.25, -0.2) is 4.68 Å². The van der Waals surface area contributed by atoms with Crippen molar-refractivity contribution in [3.63, 3.8) is 0 Å². The SMILES string of the molecule is CCc1c(CO)nnn1-c1cccc(Br)c1. The minimum Gasteiger partial charge on any atom is -0.390 e. The molecule has 0 saturated heterocycles. The quantitative estimate of drug-likeness (QED) is 0.937. The van der Waals surface area contributed by atoms with Crippen LogP contribution in [0, 0.1) is 0 Å². The molecule has 0 amide bonds. The number of nitrogens with zero attached hydrogens (tertiary/aromatic N) is 3. The van der Waals surface area contributed by atoms with Crippen LogP contribution in [0.1, 0.15) is 18.3 Å². The number of aliphatic hydroxyl groups is 1. The van der Waals surface area contributed by atoms with Gasteiger partial charge in [0.05, 0.1) is 18.0 Å². The molecule has 0 radical (unpaired) electrons. The molecule has 16 heavy (non-hydrogen) atoms. The van der Waals surface area contributed by atoms with E-state index in [0.29, 0.717) is 5.69 Å². The zero-order valence-corrected chi connectivity index (χ0v) is 10.5. The monoisotopic (exact) mass is 281 g/mol. The highest BCUT2D eigenvalue weighted by atomic mass is 79.9. The van der Waals surface area contributed by atoms with Gasteiger partial charge in [0.1, 0.15) is 5.69 Å². The summed E-state index contributed by atoms with van der Waals surface area (Å²) in [7, 11) is 0. The maximum absolute atomic E-state index is 9.14. The average molecular weight is 282 g/mol. The zero-order chi connectivity index (χ0) is 11.5. The van der Waals surface area contributed by atoms with Gasteiger partial charge in [-0.2, -0.15) is 0 Å². The van der Waals surface area contributed by atoms with Crippen LogP contribution >= 0.6 is 15.9 Å². The van der Waals surface area contributed by atoms with E-state index in [-0.39, 0.29) is 6.61 Å². The smallest absolute Gasteiger partial charge is 0.112 e. The third-order valence-electron chi connectivity index (χ3n) is 2.38. The van der Waals surface area contributed by atoms with Gasteiger partial charge in [0.2, 0.25) is 0 Å². The number of hydrogen-bond donors (Lipinski definition) is 1. The Balaban J connectivity index is 2.51. The number of aliphatic hydroxyl groups excluding tert-OH is 1. The molecule has 1 heterocycles. The molecule has 1 N–H and O–H groups in total. The van der Waals surface area contributed by atoms with Gasteiger partial charge in [0.15, 0.2) is 0 Å². The maximum Gasteiger partial charge on any atom is 0.112 e. The van der Waals surface area contributed by atoms with Crippen LogP contribution in [0.5, 0.6) is 0 Å². The van der Waals surface area contributed by atoms with Crippen molar-refractivity contribution in [3.05, 3.63) is 40.1 Å². The van der Waals surface area contributed by atoms with Gasteiger partial charge in [0.25, 0.3) is 0 Å². The predicted molar refractivity (Wildman–Crippen MR) is 64.4 cm³/mol. The van der Waals surface area contributed by atoms with E-state index in [1.165, 1.54) is 0 Å². The highest BCUT2D eigenvalue weighted by Crippen LogP contribution is 2.17. The van der Waals surface area contributed by atoms with Crippen LogP contribution in [0.3, 0.4) is 0 Å². The lowest BCUT2D eigenvalue weighted by Crippen LogP contribution is -2.02. The molecule has 0 saturated carbocycles. The van der Waals surface area contributed by atoms with Gasteiger partial charge < -0.3 is 5.11 Å². The van der Waals surface area contributed by atoms with Crippen LogP contribution in [0.25, 0.3) is 5.69 Å². The third kappa shape index (κ3) is 2.01. The summed E-state index contributed by atoms with van der Waals surface area (Å²) in [5, 5.41) is 17.2. The summed E-state index contributed by atoms with van der Waals surface area (Å²) in [6.07, 6.45) is 0.787. The molecule has 2 aromatic rings. The maximum atomic E-state index is 9.14. The van der Waals surface area contributed by atoms with Crippen molar-refractivity contribution in [1.29, 1.82) is 0 Å². The lowest BCUT2D eigenvalue weighted by atomic mass is 10.2. The van der Waals surface area contributed by atoms with Gasteiger partial charge in [-0.05, 0) is 24.6 Å². The Morgan fingerprint density at radius 3 is 2.88 bits per heavy atom. The van der Waals surface area contributed by atoms with E-state index in [1.807, 2.05) is 31.2 Å². The largest absolute Gasteiger partial charge is 0.390 e. The first kappa shape index (κ1) is 11.3. The van der Waals surface area contributed by atoms with Crippen molar-refractivity contribution < 1.29 is 5.11 Å². The minimum atomic E-state index is -0.0722. The molecule has 0 fully saturated rings. The second-order valence-corrected chi connectivity index (χ2v) is 4.30. The number of rotatable bonds is 3. The van der Waals surface area contributed by atoms with E-state index >= 15 is 0 Å². The van der Waals surface area contributed by atoms with Crippen LogP contribution in [0.15, 0.2) is 28.7 Å². The first-order valence-corrected chi connectivity index (χ1v) is 5.85. The Bertz CT molecular complexity index is 496. The van der Waals surface area contributed by atoms with Crippen molar-refractivity contribution in [3.8, 4) is 5.69 Å². The van der Waals surface area contributed by atoms with E-state index in [9.17, 15) is 0 Å². The first-order chi connectivity index (χ1) is 7.76. The normalized spacial score (nSPS) is 10.7. The summed E-state index contributed by atoms with van der Waals surface area (Å²) < 4.78 is 2.75. The lowest BCUT2D eigenvalue weighted by molar-refractivity contribution is 0.275. The third-order valence-corrected chi connectivity index (χ3v) is 2.87. The highest BCUT2D eigenvalue weighted by molar-refractivity contribution is 9.10. The second kappa shape index (κ2) is 4.76. The van der Waals surface area contributed by atoms with Crippen LogP contribution in [0.2, 0.25) is 0 Å². The first-order valence-electron chi connectivity index (χ1n) is 5.06. The molecule has 2 rings (SSSR count). The molecule has 0 aliphatic rings. The fraction of sp³-hybridized carbons (Fsp3) is 0.273. The minimum absolute atomic E-state index is 0.0722. The van der Waals surface area contributed by atoms with Gasteiger partial charge in [0, 0.05) is 4.47 Å². The summed E-state index contributed by atoms with van der Waals surface area (Å²) >= 11 is 3.42. The Morgan fingerprint density at radius 2 is 2.25 bits per heavy atom. The number of benzene rings is 1. The molecule has 0 spiro atoms. The summed E-state index contributed by atoms with van der Waals surface area (Å²) in [4.78, 5) is 0. The zero-order valence-electron chi connectivity index (χ0n) is 8.89. The van der Waals surface area contributed by atoms with Crippen molar-refractivity contribution in [2.24, 2.45) is 0 Å². The molecule has 5 heteroatoms. The Morgan fingerprint density at radius 1 is 1.44 bits per heavy atom. The van der Waals surface area contributed by atoms with E-state index in [1.54, 1.807) is 4.68 Å². The van der Waals surface area contributed by atoms with Crippen LogP contribution in [-0.4, -0.2) is 20.1 Å². The summed E-state index contributed by atoms with van der Waals surface area (Å²) in [6.45, 7) is 1.95. The fourth-order valence-corrected chi connectivity index (χ4v) is 2.01. The molecule has 4 nitrogen and oxygen atoms in total. The van der Waals surface area contributed by atoms with Crippen LogP contribution < -0.4 is 0 Å². The Labute approximate surface area is 102 Å². The van der Waals surface area contributed by atoms with Crippen molar-refractivity contribution in [2.45, 2.75) is 20.0 Å². The van der Waals surface area contributed by atoms with E-state index < -0.39 is 0 Å². The standard InChI is InChI=1S/C11H12BrN3O/c1-2-11-10(7-16)13-14-15(11)9-5-3-4-8(12)6-9/h3-6,16H,2,7H2,1H3. The van der Waals surface area contributed by atoms with E-state index in [2.05, 4.69) is 26.2 Å². The Kier molecular flexibility index (Phi) is 3.36. The molecule has 1 aromatic carbocycles.